The van der Waals surface area contributed by atoms with Crippen molar-refractivity contribution in [1.29, 1.82) is 0 Å². The van der Waals surface area contributed by atoms with Crippen molar-refractivity contribution in [2.75, 3.05) is 0 Å². The number of aromatic carboxylic acids is 1. The van der Waals surface area contributed by atoms with Gasteiger partial charge in [0.25, 0.3) is 0 Å². The molecule has 0 aliphatic rings. The first-order valence-electron chi connectivity index (χ1n) is 5.17. The van der Waals surface area contributed by atoms with Crippen molar-refractivity contribution in [2.24, 2.45) is 0 Å². The number of carboxylic acid groups (broad SMARTS) is 1. The third kappa shape index (κ3) is 3.00. The molecule has 0 radical (unpaired) electrons. The van der Waals surface area contributed by atoms with Crippen LogP contribution in [-0.2, 0) is 15.6 Å². The predicted molar refractivity (Wildman–Crippen MR) is 63.0 cm³/mol. The quantitative estimate of drug-likeness (QED) is 0.869. The van der Waals surface area contributed by atoms with Gasteiger partial charge >= 0.3 is 5.97 Å². The highest BCUT2D eigenvalue weighted by Gasteiger charge is 2.19. The molecule has 5 nitrogen and oxygen atoms in total. The summed E-state index contributed by atoms with van der Waals surface area (Å²) >= 11 is 0. The molecule has 7 heteroatoms. The second-order valence-corrected chi connectivity index (χ2v) is 5.81. The Balaban J connectivity index is 2.25. The first kappa shape index (κ1) is 13.3. The zero-order valence-corrected chi connectivity index (χ0v) is 10.4. The Hall–Kier alpha value is -2.15. The van der Waals surface area contributed by atoms with Crippen LogP contribution < -0.4 is 0 Å². The molecule has 1 aromatic heterocycles. The third-order valence-corrected chi connectivity index (χ3v) is 4.06. The van der Waals surface area contributed by atoms with E-state index in [0.717, 1.165) is 36.6 Å². The normalized spacial score (nSPS) is 11.4. The number of carbonyl (C=O) groups is 1. The molecule has 2 rings (SSSR count). The van der Waals surface area contributed by atoms with Crippen LogP contribution in [0.15, 0.2) is 45.9 Å². The Morgan fingerprint density at radius 2 is 1.89 bits per heavy atom. The van der Waals surface area contributed by atoms with E-state index < -0.39 is 27.4 Å². The summed E-state index contributed by atoms with van der Waals surface area (Å²) in [5.74, 6) is -2.20. The van der Waals surface area contributed by atoms with E-state index >= 15 is 0 Å². The zero-order valence-electron chi connectivity index (χ0n) is 9.54. The van der Waals surface area contributed by atoms with E-state index in [1.54, 1.807) is 0 Å². The van der Waals surface area contributed by atoms with E-state index in [2.05, 4.69) is 0 Å². The van der Waals surface area contributed by atoms with Crippen molar-refractivity contribution in [2.45, 2.75) is 10.6 Å². The maximum Gasteiger partial charge on any atom is 0.338 e. The van der Waals surface area contributed by atoms with Crippen LogP contribution in [0.25, 0.3) is 0 Å². The molecule has 0 saturated carbocycles. The summed E-state index contributed by atoms with van der Waals surface area (Å²) in [6.45, 7) is 0. The summed E-state index contributed by atoms with van der Waals surface area (Å²) in [5, 5.41) is 8.69. The first-order valence-corrected chi connectivity index (χ1v) is 6.83. The lowest BCUT2D eigenvalue weighted by atomic mass is 10.3. The van der Waals surface area contributed by atoms with Gasteiger partial charge in [-0.2, -0.15) is 0 Å². The maximum atomic E-state index is 12.7. The summed E-state index contributed by atoms with van der Waals surface area (Å²) in [4.78, 5) is 10.6. The first-order chi connectivity index (χ1) is 8.88. The zero-order chi connectivity index (χ0) is 14.0. The molecule has 0 aliphatic heterocycles. The van der Waals surface area contributed by atoms with Gasteiger partial charge in [0.2, 0.25) is 0 Å². The second kappa shape index (κ2) is 4.85. The standard InChI is InChI=1S/C12H9FO5S/c13-9-1-3-11(4-2-9)19(16,17)7-10-5-8(6-18-10)12(14)15/h1-6H,7H2,(H,14,15). The Morgan fingerprint density at radius 3 is 2.42 bits per heavy atom. The van der Waals surface area contributed by atoms with E-state index in [1.165, 1.54) is 0 Å². The van der Waals surface area contributed by atoms with Gasteiger partial charge < -0.3 is 9.52 Å². The van der Waals surface area contributed by atoms with E-state index in [-0.39, 0.29) is 16.2 Å². The van der Waals surface area contributed by atoms with Gasteiger partial charge in [-0.15, -0.1) is 0 Å². The fourth-order valence-corrected chi connectivity index (χ4v) is 2.72. The summed E-state index contributed by atoms with van der Waals surface area (Å²) in [5.41, 5.74) is -0.121. The minimum absolute atomic E-state index is 0.0155. The molecule has 0 unspecified atom stereocenters. The van der Waals surface area contributed by atoms with Crippen molar-refractivity contribution in [3.63, 3.8) is 0 Å². The molecule has 1 aromatic carbocycles. The molecule has 0 spiro atoms. The molecule has 0 fully saturated rings. The molecule has 0 saturated heterocycles. The van der Waals surface area contributed by atoms with E-state index in [1.807, 2.05) is 0 Å². The Bertz CT molecular complexity index is 700. The highest BCUT2D eigenvalue weighted by atomic mass is 32.2. The fourth-order valence-electron chi connectivity index (χ4n) is 1.48. The van der Waals surface area contributed by atoms with E-state index in [9.17, 15) is 17.6 Å². The molecule has 0 atom stereocenters. The minimum atomic E-state index is -3.70. The van der Waals surface area contributed by atoms with Gasteiger partial charge in [0, 0.05) is 0 Å². The molecule has 1 N–H and O–H groups in total. The number of hydrogen-bond acceptors (Lipinski definition) is 4. The molecular weight excluding hydrogens is 275 g/mol. The van der Waals surface area contributed by atoms with E-state index in [0.29, 0.717) is 0 Å². The summed E-state index contributed by atoms with van der Waals surface area (Å²) < 4.78 is 41.5. The van der Waals surface area contributed by atoms with Crippen LogP contribution in [0.3, 0.4) is 0 Å². The topological polar surface area (TPSA) is 84.6 Å². The van der Waals surface area contributed by atoms with Gasteiger partial charge in [0.1, 0.15) is 23.6 Å². The van der Waals surface area contributed by atoms with E-state index in [4.69, 9.17) is 9.52 Å². The van der Waals surface area contributed by atoms with Gasteiger partial charge in [-0.3, -0.25) is 0 Å². The molecule has 0 amide bonds. The number of rotatable bonds is 4. The largest absolute Gasteiger partial charge is 0.478 e. The monoisotopic (exact) mass is 284 g/mol. The van der Waals surface area contributed by atoms with Gasteiger partial charge in [0.15, 0.2) is 9.84 Å². The molecule has 100 valence electrons. The highest BCUT2D eigenvalue weighted by Crippen LogP contribution is 2.18. The lowest BCUT2D eigenvalue weighted by Crippen LogP contribution is -2.04. The Morgan fingerprint density at radius 1 is 1.26 bits per heavy atom. The number of sulfone groups is 1. The summed E-state index contributed by atoms with van der Waals surface area (Å²) in [6, 6.07) is 5.51. The smallest absolute Gasteiger partial charge is 0.338 e. The van der Waals surface area contributed by atoms with Crippen molar-refractivity contribution in [1.82, 2.24) is 0 Å². The molecule has 0 aliphatic carbocycles. The lowest BCUT2D eigenvalue weighted by Gasteiger charge is -2.01. The van der Waals surface area contributed by atoms with Crippen LogP contribution >= 0.6 is 0 Å². The molecular formula is C12H9FO5S. The average molecular weight is 284 g/mol. The number of benzene rings is 1. The molecule has 19 heavy (non-hydrogen) atoms. The maximum absolute atomic E-state index is 12.7. The minimum Gasteiger partial charge on any atom is -0.478 e. The van der Waals surface area contributed by atoms with Crippen molar-refractivity contribution < 1.29 is 27.1 Å². The Labute approximate surface area is 108 Å². The van der Waals surface area contributed by atoms with Crippen molar-refractivity contribution in [3.8, 4) is 0 Å². The van der Waals surface area contributed by atoms with Gasteiger partial charge in [-0.25, -0.2) is 17.6 Å². The number of furan rings is 1. The van der Waals surface area contributed by atoms with Crippen LogP contribution in [-0.4, -0.2) is 19.5 Å². The van der Waals surface area contributed by atoms with Crippen LogP contribution in [0.1, 0.15) is 16.1 Å². The van der Waals surface area contributed by atoms with Crippen LogP contribution in [0.2, 0.25) is 0 Å². The third-order valence-electron chi connectivity index (χ3n) is 2.41. The van der Waals surface area contributed by atoms with Gasteiger partial charge in [-0.1, -0.05) is 0 Å². The number of carboxylic acids is 1. The average Bonchev–Trinajstić information content (AvgIpc) is 2.77. The number of hydrogen-bond donors (Lipinski definition) is 1. The summed E-state index contributed by atoms with van der Waals surface area (Å²) in [7, 11) is -3.70. The van der Waals surface area contributed by atoms with Crippen LogP contribution in [0.4, 0.5) is 4.39 Å². The van der Waals surface area contributed by atoms with Gasteiger partial charge in [0.05, 0.1) is 10.5 Å². The number of halogens is 1. The van der Waals surface area contributed by atoms with Crippen LogP contribution in [0.5, 0.6) is 0 Å². The fraction of sp³-hybridized carbons (Fsp3) is 0.0833. The second-order valence-electron chi connectivity index (χ2n) is 3.82. The summed E-state index contributed by atoms with van der Waals surface area (Å²) in [6.07, 6.45) is 0.970. The van der Waals surface area contributed by atoms with Crippen LogP contribution in [0, 0.1) is 5.82 Å². The SMILES string of the molecule is O=C(O)c1coc(CS(=O)(=O)c2ccc(F)cc2)c1. The van der Waals surface area contributed by atoms with Crippen molar-refractivity contribution in [3.05, 3.63) is 53.7 Å². The predicted octanol–water partition coefficient (Wildman–Crippen LogP) is 2.09. The van der Waals surface area contributed by atoms with Crippen molar-refractivity contribution >= 4 is 15.8 Å². The highest BCUT2D eigenvalue weighted by molar-refractivity contribution is 7.90. The molecule has 1 heterocycles. The lowest BCUT2D eigenvalue weighted by molar-refractivity contribution is 0.0696. The Kier molecular flexibility index (Phi) is 3.39. The molecule has 2 aromatic rings. The van der Waals surface area contributed by atoms with Gasteiger partial charge in [-0.05, 0) is 30.3 Å². The molecule has 0 bridgehead atoms.